The van der Waals surface area contributed by atoms with E-state index in [1.165, 1.54) is 0 Å². The Morgan fingerprint density at radius 3 is 2.81 bits per heavy atom. The molecule has 5 heteroatoms. The first-order valence-electron chi connectivity index (χ1n) is 5.74. The van der Waals surface area contributed by atoms with Crippen molar-refractivity contribution in [3.8, 4) is 0 Å². The number of rotatable bonds is 2. The molecular formula is C11H22N2O3. The summed E-state index contributed by atoms with van der Waals surface area (Å²) in [7, 11) is 0. The fourth-order valence-corrected chi connectivity index (χ4v) is 1.66. The quantitative estimate of drug-likeness (QED) is 0.645. The SMILES string of the molecule is CC(C)(C)OC(=O)NCC1CCNCC1O. The maximum atomic E-state index is 11.4. The summed E-state index contributed by atoms with van der Waals surface area (Å²) < 4.78 is 5.12. The van der Waals surface area contributed by atoms with Gasteiger partial charge >= 0.3 is 6.09 Å². The summed E-state index contributed by atoms with van der Waals surface area (Å²) >= 11 is 0. The lowest BCUT2D eigenvalue weighted by molar-refractivity contribution is 0.0457. The second kappa shape index (κ2) is 5.50. The first kappa shape index (κ1) is 13.3. The molecule has 1 aliphatic rings. The Kier molecular flexibility index (Phi) is 4.56. The summed E-state index contributed by atoms with van der Waals surface area (Å²) in [5, 5.41) is 15.4. The minimum Gasteiger partial charge on any atom is -0.444 e. The summed E-state index contributed by atoms with van der Waals surface area (Å²) in [5.41, 5.74) is -0.475. The fourth-order valence-electron chi connectivity index (χ4n) is 1.66. The van der Waals surface area contributed by atoms with Crippen molar-refractivity contribution in [3.63, 3.8) is 0 Å². The van der Waals surface area contributed by atoms with Crippen molar-refractivity contribution in [1.82, 2.24) is 10.6 Å². The van der Waals surface area contributed by atoms with Gasteiger partial charge in [-0.1, -0.05) is 0 Å². The molecule has 0 saturated carbocycles. The van der Waals surface area contributed by atoms with Crippen molar-refractivity contribution in [1.29, 1.82) is 0 Å². The number of ether oxygens (including phenoxy) is 1. The van der Waals surface area contributed by atoms with Gasteiger partial charge in [0, 0.05) is 19.0 Å². The third-order valence-electron chi connectivity index (χ3n) is 2.50. The molecule has 0 radical (unpaired) electrons. The van der Waals surface area contributed by atoms with Gasteiger partial charge in [0.15, 0.2) is 0 Å². The Morgan fingerprint density at radius 1 is 1.56 bits per heavy atom. The second-order valence-corrected chi connectivity index (χ2v) is 5.20. The molecule has 0 aliphatic carbocycles. The molecular weight excluding hydrogens is 208 g/mol. The van der Waals surface area contributed by atoms with Gasteiger partial charge in [0.05, 0.1) is 6.10 Å². The average molecular weight is 230 g/mol. The molecule has 1 aliphatic heterocycles. The van der Waals surface area contributed by atoms with Crippen LogP contribution in [0.25, 0.3) is 0 Å². The molecule has 1 rings (SSSR count). The van der Waals surface area contributed by atoms with Crippen LogP contribution in [0.5, 0.6) is 0 Å². The van der Waals surface area contributed by atoms with Crippen molar-refractivity contribution < 1.29 is 14.6 Å². The number of hydrogen-bond donors (Lipinski definition) is 3. The van der Waals surface area contributed by atoms with E-state index in [4.69, 9.17) is 4.74 Å². The Morgan fingerprint density at radius 2 is 2.25 bits per heavy atom. The van der Waals surface area contributed by atoms with Crippen LogP contribution in [0.2, 0.25) is 0 Å². The smallest absolute Gasteiger partial charge is 0.407 e. The van der Waals surface area contributed by atoms with Gasteiger partial charge in [-0.05, 0) is 33.7 Å². The lowest BCUT2D eigenvalue weighted by Gasteiger charge is -2.28. The first-order chi connectivity index (χ1) is 7.38. The van der Waals surface area contributed by atoms with E-state index >= 15 is 0 Å². The number of aliphatic hydroxyl groups excluding tert-OH is 1. The van der Waals surface area contributed by atoms with Crippen LogP contribution < -0.4 is 10.6 Å². The van der Waals surface area contributed by atoms with E-state index in [1.54, 1.807) is 0 Å². The number of alkyl carbamates (subject to hydrolysis) is 1. The van der Waals surface area contributed by atoms with Crippen LogP contribution in [0.3, 0.4) is 0 Å². The number of β-amino-alcohol motifs (C(OH)–C–C–N with tert-alkyl or cyclic N) is 1. The van der Waals surface area contributed by atoms with E-state index in [-0.39, 0.29) is 12.0 Å². The van der Waals surface area contributed by atoms with Gasteiger partial charge in [-0.2, -0.15) is 0 Å². The van der Waals surface area contributed by atoms with Crippen molar-refractivity contribution in [2.24, 2.45) is 5.92 Å². The third-order valence-corrected chi connectivity index (χ3v) is 2.50. The van der Waals surface area contributed by atoms with E-state index in [9.17, 15) is 9.90 Å². The van der Waals surface area contributed by atoms with Crippen molar-refractivity contribution in [2.75, 3.05) is 19.6 Å². The predicted octanol–water partition coefficient (Wildman–Crippen LogP) is 0.481. The molecule has 0 aromatic rings. The number of carbonyl (C=O) groups is 1. The number of aliphatic hydroxyl groups is 1. The van der Waals surface area contributed by atoms with E-state index in [2.05, 4.69) is 10.6 Å². The number of piperidine rings is 1. The third kappa shape index (κ3) is 4.81. The van der Waals surface area contributed by atoms with Gasteiger partial charge in [-0.25, -0.2) is 4.79 Å². The molecule has 1 fully saturated rings. The summed E-state index contributed by atoms with van der Waals surface area (Å²) in [4.78, 5) is 11.4. The highest BCUT2D eigenvalue weighted by Crippen LogP contribution is 2.12. The molecule has 0 aromatic heterocycles. The lowest BCUT2D eigenvalue weighted by atomic mass is 9.95. The summed E-state index contributed by atoms with van der Waals surface area (Å²) in [6.45, 7) is 7.43. The maximum absolute atomic E-state index is 11.4. The van der Waals surface area contributed by atoms with Gasteiger partial charge < -0.3 is 20.5 Å². The fraction of sp³-hybridized carbons (Fsp3) is 0.909. The van der Waals surface area contributed by atoms with Crippen LogP contribution in [0.15, 0.2) is 0 Å². The molecule has 1 heterocycles. The van der Waals surface area contributed by atoms with Crippen LogP contribution in [0.4, 0.5) is 4.79 Å². The van der Waals surface area contributed by atoms with Gasteiger partial charge in [0.25, 0.3) is 0 Å². The van der Waals surface area contributed by atoms with Crippen LogP contribution in [0.1, 0.15) is 27.2 Å². The monoisotopic (exact) mass is 230 g/mol. The summed E-state index contributed by atoms with van der Waals surface area (Å²) in [6, 6.07) is 0. The highest BCUT2D eigenvalue weighted by Gasteiger charge is 2.24. The number of carbonyl (C=O) groups excluding carboxylic acids is 1. The summed E-state index contributed by atoms with van der Waals surface area (Å²) in [5.74, 6) is 0.119. The van der Waals surface area contributed by atoms with Gasteiger partial charge in [-0.15, -0.1) is 0 Å². The number of amides is 1. The molecule has 0 spiro atoms. The molecule has 16 heavy (non-hydrogen) atoms. The van der Waals surface area contributed by atoms with E-state index in [0.717, 1.165) is 13.0 Å². The second-order valence-electron chi connectivity index (χ2n) is 5.20. The number of nitrogens with one attached hydrogen (secondary N) is 2. The molecule has 0 bridgehead atoms. The molecule has 5 nitrogen and oxygen atoms in total. The average Bonchev–Trinajstić information content (AvgIpc) is 2.14. The van der Waals surface area contributed by atoms with Crippen molar-refractivity contribution in [2.45, 2.75) is 38.9 Å². The van der Waals surface area contributed by atoms with Crippen LogP contribution in [-0.4, -0.2) is 42.5 Å². The first-order valence-corrected chi connectivity index (χ1v) is 5.74. The zero-order valence-corrected chi connectivity index (χ0v) is 10.2. The van der Waals surface area contributed by atoms with Gasteiger partial charge in [0.1, 0.15) is 5.60 Å². The summed E-state index contributed by atoms with van der Waals surface area (Å²) in [6.07, 6.45) is 0.0682. The van der Waals surface area contributed by atoms with Crippen LogP contribution >= 0.6 is 0 Å². The van der Waals surface area contributed by atoms with Gasteiger partial charge in [0.2, 0.25) is 0 Å². The van der Waals surface area contributed by atoms with Crippen molar-refractivity contribution >= 4 is 6.09 Å². The topological polar surface area (TPSA) is 70.6 Å². The van der Waals surface area contributed by atoms with Crippen molar-refractivity contribution in [3.05, 3.63) is 0 Å². The standard InChI is InChI=1S/C11H22N2O3/c1-11(2,3)16-10(15)13-6-8-4-5-12-7-9(8)14/h8-9,12,14H,4-7H2,1-3H3,(H,13,15). The Hall–Kier alpha value is -0.810. The minimum absolute atomic E-state index is 0.119. The Bertz CT molecular complexity index is 238. The van der Waals surface area contributed by atoms with E-state index in [0.29, 0.717) is 13.1 Å². The largest absolute Gasteiger partial charge is 0.444 e. The van der Waals surface area contributed by atoms with E-state index < -0.39 is 11.7 Å². The van der Waals surface area contributed by atoms with Gasteiger partial charge in [-0.3, -0.25) is 0 Å². The number of hydrogen-bond acceptors (Lipinski definition) is 4. The highest BCUT2D eigenvalue weighted by atomic mass is 16.6. The van der Waals surface area contributed by atoms with E-state index in [1.807, 2.05) is 20.8 Å². The van der Waals surface area contributed by atoms with Crippen LogP contribution in [0, 0.1) is 5.92 Å². The zero-order valence-electron chi connectivity index (χ0n) is 10.2. The minimum atomic E-state index is -0.475. The normalized spacial score (nSPS) is 26.2. The predicted molar refractivity (Wildman–Crippen MR) is 61.2 cm³/mol. The Balaban J connectivity index is 2.25. The molecule has 94 valence electrons. The molecule has 1 amide bonds. The highest BCUT2D eigenvalue weighted by molar-refractivity contribution is 5.67. The lowest BCUT2D eigenvalue weighted by Crippen LogP contribution is -2.46. The molecule has 3 N–H and O–H groups in total. The zero-order chi connectivity index (χ0) is 12.2. The molecule has 2 atom stereocenters. The maximum Gasteiger partial charge on any atom is 0.407 e. The van der Waals surface area contributed by atoms with Crippen LogP contribution in [-0.2, 0) is 4.74 Å². The molecule has 0 aromatic carbocycles. The molecule has 2 unspecified atom stereocenters. The Labute approximate surface area is 96.6 Å². The molecule has 1 saturated heterocycles.